The van der Waals surface area contributed by atoms with E-state index >= 15 is 0 Å². The average Bonchev–Trinajstić information content (AvgIpc) is 3.08. The van der Waals surface area contributed by atoms with E-state index in [-0.39, 0.29) is 27.1 Å². The second-order valence-corrected chi connectivity index (χ2v) is 13.3. The van der Waals surface area contributed by atoms with Gasteiger partial charge in [-0.05, 0) is 48.5 Å². The molecule has 5 heterocycles. The van der Waals surface area contributed by atoms with Gasteiger partial charge in [-0.2, -0.15) is 26.6 Å². The summed E-state index contributed by atoms with van der Waals surface area (Å²) in [7, 11) is -7.07. The minimum atomic E-state index is -5.78. The Bertz CT molecular complexity index is 2420. The number of aromatic nitrogens is 5. The van der Waals surface area contributed by atoms with Gasteiger partial charge < -0.3 is 13.7 Å². The van der Waals surface area contributed by atoms with Crippen LogP contribution in [-0.2, 0) is 20.1 Å². The lowest BCUT2D eigenvalue weighted by molar-refractivity contribution is -0.0501. The molecule has 6 rings (SSSR count). The highest BCUT2D eigenvalue weighted by Gasteiger charge is 2.49. The van der Waals surface area contributed by atoms with Crippen molar-refractivity contribution in [3.63, 3.8) is 0 Å². The molecule has 0 aliphatic carbocycles. The molecular formula is C30H21ClF4N6O7S2. The Hall–Kier alpha value is -5.40. The van der Waals surface area contributed by atoms with Crippen LogP contribution in [0.4, 0.5) is 23.2 Å². The summed E-state index contributed by atoms with van der Waals surface area (Å²) in [5, 5.41) is 1.08. The van der Waals surface area contributed by atoms with Gasteiger partial charge in [0.25, 0.3) is 10.0 Å². The SMILES string of the molecule is COc1nc(-c2cnc(Cl)c(NS(=O)(=O)c3ccc(F)cc3)c2)cc2cccnc12.COc1nc(OS(=O)(=O)C(F)(F)F)cc2cccnc12. The average molecular weight is 753 g/mol. The van der Waals surface area contributed by atoms with Crippen molar-refractivity contribution < 1.29 is 48.1 Å². The number of ether oxygens (including phenoxy) is 2. The number of pyridine rings is 5. The molecule has 6 aromatic rings. The van der Waals surface area contributed by atoms with Crippen molar-refractivity contribution in [3.8, 4) is 28.9 Å². The summed E-state index contributed by atoms with van der Waals surface area (Å²) in [5.74, 6) is -1.11. The molecule has 0 bridgehead atoms. The van der Waals surface area contributed by atoms with Gasteiger partial charge in [0.05, 0.1) is 30.5 Å². The number of anilines is 1. The molecule has 0 unspecified atom stereocenters. The number of hydrogen-bond donors (Lipinski definition) is 1. The first kappa shape index (κ1) is 35.9. The summed E-state index contributed by atoms with van der Waals surface area (Å²) < 4.78 is 113. The van der Waals surface area contributed by atoms with E-state index < -0.39 is 37.3 Å². The molecule has 260 valence electrons. The van der Waals surface area contributed by atoms with E-state index in [1.807, 2.05) is 6.07 Å². The molecule has 0 atom stereocenters. The van der Waals surface area contributed by atoms with Gasteiger partial charge in [0.2, 0.25) is 17.6 Å². The normalized spacial score (nSPS) is 11.8. The molecule has 0 saturated heterocycles. The van der Waals surface area contributed by atoms with E-state index in [9.17, 15) is 34.4 Å². The molecule has 0 fully saturated rings. The molecule has 50 heavy (non-hydrogen) atoms. The van der Waals surface area contributed by atoms with E-state index in [0.29, 0.717) is 28.0 Å². The van der Waals surface area contributed by atoms with Gasteiger partial charge in [0.1, 0.15) is 16.9 Å². The van der Waals surface area contributed by atoms with Crippen LogP contribution in [0.3, 0.4) is 0 Å². The zero-order valence-electron chi connectivity index (χ0n) is 25.4. The Balaban J connectivity index is 0.000000211. The van der Waals surface area contributed by atoms with Crippen molar-refractivity contribution in [3.05, 3.63) is 96.3 Å². The van der Waals surface area contributed by atoms with Crippen molar-refractivity contribution in [2.75, 3.05) is 18.9 Å². The summed E-state index contributed by atoms with van der Waals surface area (Å²) in [4.78, 5) is 20.1. The lowest BCUT2D eigenvalue weighted by Crippen LogP contribution is -2.28. The Kier molecular flexibility index (Phi) is 10.2. The van der Waals surface area contributed by atoms with Gasteiger partial charge in [0.15, 0.2) is 5.15 Å². The van der Waals surface area contributed by atoms with Crippen LogP contribution in [-0.4, -0.2) is 61.5 Å². The highest BCUT2D eigenvalue weighted by atomic mass is 35.5. The predicted octanol–water partition coefficient (Wildman–Crippen LogP) is 6.16. The second-order valence-electron chi connectivity index (χ2n) is 9.74. The third-order valence-corrected chi connectivity index (χ3v) is 9.10. The van der Waals surface area contributed by atoms with Crippen LogP contribution in [0.25, 0.3) is 33.1 Å². The first-order chi connectivity index (χ1) is 23.6. The van der Waals surface area contributed by atoms with Crippen molar-refractivity contribution in [1.82, 2.24) is 24.9 Å². The highest BCUT2D eigenvalue weighted by molar-refractivity contribution is 7.92. The lowest BCUT2D eigenvalue weighted by Gasteiger charge is -2.12. The van der Waals surface area contributed by atoms with E-state index in [0.717, 1.165) is 35.7 Å². The van der Waals surface area contributed by atoms with Gasteiger partial charge >= 0.3 is 15.6 Å². The lowest BCUT2D eigenvalue weighted by atomic mass is 10.1. The molecule has 0 amide bonds. The molecule has 13 nitrogen and oxygen atoms in total. The smallest absolute Gasteiger partial charge is 0.479 e. The van der Waals surface area contributed by atoms with Crippen LogP contribution in [0, 0.1) is 5.82 Å². The van der Waals surface area contributed by atoms with E-state index in [1.165, 1.54) is 44.8 Å². The van der Waals surface area contributed by atoms with Crippen LogP contribution < -0.4 is 18.4 Å². The largest absolute Gasteiger partial charge is 0.534 e. The molecule has 0 aliphatic rings. The number of methoxy groups -OCH3 is 2. The van der Waals surface area contributed by atoms with E-state index in [4.69, 9.17) is 21.1 Å². The maximum atomic E-state index is 13.1. The molecule has 1 N–H and O–H groups in total. The minimum Gasteiger partial charge on any atom is -0.479 e. The van der Waals surface area contributed by atoms with Crippen LogP contribution in [0.2, 0.25) is 5.15 Å². The summed E-state index contributed by atoms with van der Waals surface area (Å²) in [6.45, 7) is 0. The Labute approximate surface area is 286 Å². The van der Waals surface area contributed by atoms with Crippen LogP contribution in [0.5, 0.6) is 17.6 Å². The van der Waals surface area contributed by atoms with Crippen molar-refractivity contribution in [2.24, 2.45) is 0 Å². The summed E-state index contributed by atoms with van der Waals surface area (Å²) in [5.41, 5.74) is -3.59. The quantitative estimate of drug-likeness (QED) is 0.0814. The molecule has 0 radical (unpaired) electrons. The van der Waals surface area contributed by atoms with Crippen molar-refractivity contribution in [2.45, 2.75) is 10.4 Å². The standard InChI is InChI=1S/C20H14ClFN4O3S.C10H7F3N2O4S/c1-29-20-18-12(3-2-8-23-18)9-16(25-20)13-10-17(19(21)24-11-13)26-30(27,28)15-6-4-14(22)5-7-15;1-18-9-8-6(3-2-4-14-8)5-7(15-9)19-20(16,17)10(11,12)13/h2-11,26H,1H3;2-5H,1H3. The first-order valence-corrected chi connectivity index (χ1v) is 16.9. The number of fused-ring (bicyclic) bond motifs is 2. The van der Waals surface area contributed by atoms with Crippen molar-refractivity contribution in [1.29, 1.82) is 0 Å². The minimum absolute atomic E-state index is 0.0427. The molecule has 0 spiro atoms. The number of alkyl halides is 3. The van der Waals surface area contributed by atoms with Gasteiger partial charge in [-0.1, -0.05) is 23.7 Å². The number of rotatable bonds is 8. The molecule has 20 heteroatoms. The highest BCUT2D eigenvalue weighted by Crippen LogP contribution is 2.32. The number of nitrogens with zero attached hydrogens (tertiary/aromatic N) is 5. The fourth-order valence-corrected chi connectivity index (χ4v) is 5.87. The Morgan fingerprint density at radius 3 is 1.94 bits per heavy atom. The Morgan fingerprint density at radius 2 is 1.36 bits per heavy atom. The fraction of sp³-hybridized carbons (Fsp3) is 0.100. The van der Waals surface area contributed by atoms with Gasteiger partial charge in [0, 0.05) is 41.0 Å². The van der Waals surface area contributed by atoms with E-state index in [1.54, 1.807) is 18.3 Å². The van der Waals surface area contributed by atoms with E-state index in [2.05, 4.69) is 33.8 Å². The molecule has 5 aromatic heterocycles. The van der Waals surface area contributed by atoms with Gasteiger partial charge in [-0.15, -0.1) is 0 Å². The number of sulfonamides is 1. The zero-order chi connectivity index (χ0) is 36.3. The topological polar surface area (TPSA) is 172 Å². The van der Waals surface area contributed by atoms with Crippen LogP contribution in [0.1, 0.15) is 0 Å². The molecule has 0 aliphatic heterocycles. The number of halogens is 5. The monoisotopic (exact) mass is 752 g/mol. The summed E-state index contributed by atoms with van der Waals surface area (Å²) in [6, 6.07) is 15.4. The zero-order valence-corrected chi connectivity index (χ0v) is 27.8. The molecule has 0 saturated carbocycles. The predicted molar refractivity (Wildman–Crippen MR) is 173 cm³/mol. The third-order valence-electron chi connectivity index (χ3n) is 6.46. The van der Waals surface area contributed by atoms with Crippen LogP contribution in [0.15, 0.2) is 90.2 Å². The van der Waals surface area contributed by atoms with Crippen molar-refractivity contribution >= 4 is 59.2 Å². The number of nitrogens with one attached hydrogen (secondary N) is 1. The maximum Gasteiger partial charge on any atom is 0.534 e. The van der Waals surface area contributed by atoms with Gasteiger partial charge in [-0.3, -0.25) is 14.7 Å². The first-order valence-electron chi connectivity index (χ1n) is 13.7. The third kappa shape index (κ3) is 7.90. The summed E-state index contributed by atoms with van der Waals surface area (Å²) in [6.07, 6.45) is 4.54. The number of benzene rings is 1. The number of hydrogen-bond acceptors (Lipinski definition) is 12. The summed E-state index contributed by atoms with van der Waals surface area (Å²) >= 11 is 6.10. The maximum absolute atomic E-state index is 13.1. The molecule has 1 aromatic carbocycles. The van der Waals surface area contributed by atoms with Gasteiger partial charge in [-0.25, -0.2) is 22.8 Å². The second kappa shape index (κ2) is 14.2. The fourth-order valence-electron chi connectivity index (χ4n) is 4.20. The molecular weight excluding hydrogens is 732 g/mol. The van der Waals surface area contributed by atoms with Crippen LogP contribution >= 0.6 is 11.6 Å². The Morgan fingerprint density at radius 1 is 0.780 bits per heavy atom.